The fraction of sp³-hybridized carbons (Fsp3) is 0.182. The van der Waals surface area contributed by atoms with Crippen LogP contribution in [0.4, 0.5) is 0 Å². The van der Waals surface area contributed by atoms with E-state index in [-0.39, 0.29) is 12.5 Å². The first-order valence-electron chi connectivity index (χ1n) is 9.04. The average molecular weight is 358 g/mol. The second-order valence-electron chi connectivity index (χ2n) is 6.75. The zero-order chi connectivity index (χ0) is 18.2. The Hall–Kier alpha value is -3.34. The van der Waals surface area contributed by atoms with E-state index >= 15 is 0 Å². The number of ether oxygens (including phenoxy) is 2. The number of para-hydroxylation sites is 2. The number of nitrogens with one attached hydrogen (secondary N) is 1. The Labute approximate surface area is 156 Å². The lowest BCUT2D eigenvalue weighted by Gasteiger charge is -2.24. The summed E-state index contributed by atoms with van der Waals surface area (Å²) in [6.45, 7) is 0.166. The molecule has 5 rings (SSSR count). The van der Waals surface area contributed by atoms with Crippen LogP contribution in [-0.2, 0) is 17.6 Å². The van der Waals surface area contributed by atoms with Gasteiger partial charge in [0.1, 0.15) is 6.61 Å². The molecule has 3 aromatic carbocycles. The van der Waals surface area contributed by atoms with Gasteiger partial charge >= 0.3 is 0 Å². The SMILES string of the molecule is O=C(N/N=C\c1ccc2c3c(cccc13)CC2)[C@H]1COc2ccccc2O1. The molecule has 5 heteroatoms. The minimum absolute atomic E-state index is 0.166. The van der Waals surface area contributed by atoms with Gasteiger partial charge in [-0.25, -0.2) is 5.43 Å². The Bertz CT molecular complexity index is 1060. The highest BCUT2D eigenvalue weighted by Gasteiger charge is 2.27. The summed E-state index contributed by atoms with van der Waals surface area (Å²) in [6.07, 6.45) is 3.15. The van der Waals surface area contributed by atoms with E-state index in [1.807, 2.05) is 18.2 Å². The van der Waals surface area contributed by atoms with Gasteiger partial charge in [-0.2, -0.15) is 5.10 Å². The maximum absolute atomic E-state index is 12.4. The summed E-state index contributed by atoms with van der Waals surface area (Å²) in [7, 11) is 0. The number of hydrogen-bond donors (Lipinski definition) is 1. The summed E-state index contributed by atoms with van der Waals surface area (Å²) >= 11 is 0. The minimum Gasteiger partial charge on any atom is -0.485 e. The fourth-order valence-electron chi connectivity index (χ4n) is 3.77. The van der Waals surface area contributed by atoms with Crippen molar-refractivity contribution in [2.75, 3.05) is 6.61 Å². The van der Waals surface area contributed by atoms with Crippen LogP contribution in [0.2, 0.25) is 0 Å². The smallest absolute Gasteiger partial charge is 0.284 e. The number of hydrogen-bond acceptors (Lipinski definition) is 4. The van der Waals surface area contributed by atoms with Gasteiger partial charge in [-0.05, 0) is 46.9 Å². The number of carbonyl (C=O) groups excluding carboxylic acids is 1. The Kier molecular flexibility index (Phi) is 3.78. The van der Waals surface area contributed by atoms with Crippen molar-refractivity contribution in [3.8, 4) is 11.5 Å². The monoisotopic (exact) mass is 358 g/mol. The molecule has 0 saturated carbocycles. The molecule has 27 heavy (non-hydrogen) atoms. The van der Waals surface area contributed by atoms with Gasteiger partial charge in [-0.1, -0.05) is 42.5 Å². The second-order valence-corrected chi connectivity index (χ2v) is 6.75. The summed E-state index contributed by atoms with van der Waals surface area (Å²) in [5, 5.41) is 6.64. The molecule has 1 amide bonds. The number of aryl methyl sites for hydroxylation is 2. The van der Waals surface area contributed by atoms with Crippen molar-refractivity contribution in [3.63, 3.8) is 0 Å². The van der Waals surface area contributed by atoms with Crippen molar-refractivity contribution in [3.05, 3.63) is 71.3 Å². The molecule has 134 valence electrons. The quantitative estimate of drug-likeness (QED) is 0.578. The van der Waals surface area contributed by atoms with Crippen molar-refractivity contribution in [1.29, 1.82) is 0 Å². The Morgan fingerprint density at radius 3 is 2.70 bits per heavy atom. The van der Waals surface area contributed by atoms with Crippen LogP contribution in [0.1, 0.15) is 16.7 Å². The zero-order valence-corrected chi connectivity index (χ0v) is 14.6. The van der Waals surface area contributed by atoms with Gasteiger partial charge in [0.25, 0.3) is 5.91 Å². The average Bonchev–Trinajstić information content (AvgIpc) is 3.14. The molecule has 0 bridgehead atoms. The first-order valence-corrected chi connectivity index (χ1v) is 9.04. The lowest BCUT2D eigenvalue weighted by Crippen LogP contribution is -2.42. The standard InChI is InChI=1S/C22H18N2O3/c25-22(20-13-26-18-6-1-2-7-19(18)27-20)24-23-12-16-11-10-15-9-8-14-4-3-5-17(16)21(14)15/h1-7,10-12,20H,8-9,13H2,(H,24,25)/b23-12-/t20-/m1/s1. The molecule has 1 aliphatic heterocycles. The van der Waals surface area contributed by atoms with Gasteiger partial charge in [-0.15, -0.1) is 0 Å². The molecule has 1 heterocycles. The molecule has 0 saturated heterocycles. The highest BCUT2D eigenvalue weighted by atomic mass is 16.6. The predicted octanol–water partition coefficient (Wildman–Crippen LogP) is 3.23. The third-order valence-electron chi connectivity index (χ3n) is 5.09. The molecule has 0 spiro atoms. The van der Waals surface area contributed by atoms with Gasteiger partial charge < -0.3 is 9.47 Å². The van der Waals surface area contributed by atoms with Crippen LogP contribution >= 0.6 is 0 Å². The van der Waals surface area contributed by atoms with Crippen LogP contribution in [0.15, 0.2) is 59.7 Å². The Morgan fingerprint density at radius 1 is 1.00 bits per heavy atom. The molecule has 3 aromatic rings. The Balaban J connectivity index is 1.32. The molecule has 5 nitrogen and oxygen atoms in total. The number of nitrogens with zero attached hydrogens (tertiary/aromatic N) is 1. The lowest BCUT2D eigenvalue weighted by molar-refractivity contribution is -0.130. The van der Waals surface area contributed by atoms with E-state index in [2.05, 4.69) is 40.9 Å². The Morgan fingerprint density at radius 2 is 1.81 bits per heavy atom. The summed E-state index contributed by atoms with van der Waals surface area (Å²) in [5.74, 6) is 0.894. The highest BCUT2D eigenvalue weighted by Crippen LogP contribution is 2.32. The van der Waals surface area contributed by atoms with Crippen LogP contribution in [0.3, 0.4) is 0 Å². The van der Waals surface area contributed by atoms with E-state index in [9.17, 15) is 4.79 Å². The lowest BCUT2D eigenvalue weighted by atomic mass is 10.0. The predicted molar refractivity (Wildman–Crippen MR) is 103 cm³/mol. The minimum atomic E-state index is -0.718. The molecular formula is C22H18N2O3. The van der Waals surface area contributed by atoms with Crippen LogP contribution in [-0.4, -0.2) is 24.8 Å². The van der Waals surface area contributed by atoms with E-state index in [0.29, 0.717) is 11.5 Å². The van der Waals surface area contributed by atoms with E-state index in [1.54, 1.807) is 12.3 Å². The van der Waals surface area contributed by atoms with E-state index < -0.39 is 6.10 Å². The third kappa shape index (κ3) is 2.81. The molecule has 1 atom stereocenters. The topological polar surface area (TPSA) is 59.9 Å². The number of hydrazone groups is 1. The first kappa shape index (κ1) is 15.9. The summed E-state index contributed by atoms with van der Waals surface area (Å²) in [4.78, 5) is 12.4. The number of rotatable bonds is 3. The van der Waals surface area contributed by atoms with E-state index in [1.165, 1.54) is 21.9 Å². The van der Waals surface area contributed by atoms with Crippen LogP contribution < -0.4 is 14.9 Å². The largest absolute Gasteiger partial charge is 0.485 e. The fourth-order valence-corrected chi connectivity index (χ4v) is 3.77. The van der Waals surface area contributed by atoms with Gasteiger partial charge in [0, 0.05) is 5.56 Å². The molecule has 0 aromatic heterocycles. The van der Waals surface area contributed by atoms with Crippen molar-refractivity contribution in [2.24, 2.45) is 5.10 Å². The molecule has 0 unspecified atom stereocenters. The van der Waals surface area contributed by atoms with E-state index in [4.69, 9.17) is 9.47 Å². The van der Waals surface area contributed by atoms with Crippen LogP contribution in [0.5, 0.6) is 11.5 Å². The van der Waals surface area contributed by atoms with Crippen molar-refractivity contribution < 1.29 is 14.3 Å². The molecule has 0 radical (unpaired) electrons. The number of carbonyl (C=O) groups is 1. The van der Waals surface area contributed by atoms with E-state index in [0.717, 1.165) is 18.4 Å². The molecular weight excluding hydrogens is 340 g/mol. The number of amides is 1. The van der Waals surface area contributed by atoms with Crippen molar-refractivity contribution >= 4 is 22.9 Å². The number of benzene rings is 3. The van der Waals surface area contributed by atoms with Gasteiger partial charge in [-0.3, -0.25) is 4.79 Å². The number of fused-ring (bicyclic) bond motifs is 1. The third-order valence-corrected chi connectivity index (χ3v) is 5.09. The van der Waals surface area contributed by atoms with Gasteiger partial charge in [0.05, 0.1) is 6.21 Å². The molecule has 1 N–H and O–H groups in total. The van der Waals surface area contributed by atoms with Crippen molar-refractivity contribution in [1.82, 2.24) is 5.43 Å². The zero-order valence-electron chi connectivity index (χ0n) is 14.6. The van der Waals surface area contributed by atoms with Gasteiger partial charge in [0.15, 0.2) is 11.5 Å². The van der Waals surface area contributed by atoms with Crippen LogP contribution in [0, 0.1) is 0 Å². The van der Waals surface area contributed by atoms with Gasteiger partial charge in [0.2, 0.25) is 6.10 Å². The van der Waals surface area contributed by atoms with Crippen molar-refractivity contribution in [2.45, 2.75) is 18.9 Å². The first-order chi connectivity index (χ1) is 13.3. The summed E-state index contributed by atoms with van der Waals surface area (Å²) < 4.78 is 11.3. The van der Waals surface area contributed by atoms with Crippen LogP contribution in [0.25, 0.3) is 10.8 Å². The highest BCUT2D eigenvalue weighted by molar-refractivity contribution is 6.03. The molecule has 0 fully saturated rings. The normalized spacial score (nSPS) is 17.4. The molecule has 1 aliphatic carbocycles. The molecule has 2 aliphatic rings. The maximum atomic E-state index is 12.4. The second kappa shape index (κ2) is 6.43. The summed E-state index contributed by atoms with van der Waals surface area (Å²) in [6, 6.07) is 17.9. The maximum Gasteiger partial charge on any atom is 0.284 e. The summed E-state index contributed by atoms with van der Waals surface area (Å²) in [5.41, 5.74) is 6.32.